The summed E-state index contributed by atoms with van der Waals surface area (Å²) in [5.41, 5.74) is 1.50. The van der Waals surface area contributed by atoms with Gasteiger partial charge in [-0.1, -0.05) is 41.1 Å². The van der Waals surface area contributed by atoms with Crippen LogP contribution in [0.15, 0.2) is 77.7 Å². The van der Waals surface area contributed by atoms with Crippen LogP contribution in [-0.4, -0.2) is 51.4 Å². The van der Waals surface area contributed by atoms with Crippen molar-refractivity contribution in [1.82, 2.24) is 9.88 Å². The number of thiazole rings is 1. The molecule has 0 unspecified atom stereocenters. The number of amides is 1. The van der Waals surface area contributed by atoms with Gasteiger partial charge in [0.05, 0.1) is 15.1 Å². The molecule has 3 aromatic carbocycles. The first-order chi connectivity index (χ1) is 16.7. The van der Waals surface area contributed by atoms with Crippen LogP contribution in [0.1, 0.15) is 16.8 Å². The van der Waals surface area contributed by atoms with Crippen LogP contribution in [0.3, 0.4) is 0 Å². The summed E-state index contributed by atoms with van der Waals surface area (Å²) in [6.07, 6.45) is 0.761. The summed E-state index contributed by atoms with van der Waals surface area (Å²) < 4.78 is 29.1. The van der Waals surface area contributed by atoms with Crippen molar-refractivity contribution in [3.8, 4) is 0 Å². The summed E-state index contributed by atoms with van der Waals surface area (Å²) in [5, 5.41) is 1.06. The van der Waals surface area contributed by atoms with Crippen LogP contribution in [0.4, 0.5) is 10.8 Å². The number of benzene rings is 3. The predicted octanol–water partition coefficient (Wildman–Crippen LogP) is 5.77. The first-order valence-corrected chi connectivity index (χ1v) is 13.6. The van der Waals surface area contributed by atoms with E-state index in [9.17, 15) is 13.2 Å². The summed E-state index contributed by atoms with van der Waals surface area (Å²) >= 11 is 7.33. The normalized spacial score (nSPS) is 11.3. The predicted molar refractivity (Wildman–Crippen MR) is 150 cm³/mol. The number of aromatic nitrogens is 1. The summed E-state index contributed by atoms with van der Waals surface area (Å²) in [5.74, 6) is -0.240. The SMILES string of the molecule is CN(C)CCCN(C(=O)c1cccc(NS(=O)(=O)c2ccc(Cl)cc2)c1)c1nc2ccccc2s1.Cl. The van der Waals surface area contributed by atoms with E-state index in [0.29, 0.717) is 27.9 Å². The minimum absolute atomic E-state index is 0. The van der Waals surface area contributed by atoms with E-state index in [1.165, 1.54) is 35.6 Å². The lowest BCUT2D eigenvalue weighted by Crippen LogP contribution is -2.33. The number of nitrogens with zero attached hydrogens (tertiary/aromatic N) is 3. The lowest BCUT2D eigenvalue weighted by molar-refractivity contribution is 0.0986. The topological polar surface area (TPSA) is 82.6 Å². The van der Waals surface area contributed by atoms with E-state index < -0.39 is 10.0 Å². The standard InChI is InChI=1S/C25H25ClN4O3S2.ClH/c1-29(2)15-6-16-30(25-27-22-9-3-4-10-23(22)34-25)24(31)18-7-5-8-20(17-18)28-35(32,33)21-13-11-19(26)12-14-21;/h3-5,7-14,17,28H,6,15-16H2,1-2H3;1H. The molecule has 1 aromatic heterocycles. The Morgan fingerprint density at radius 1 is 1.00 bits per heavy atom. The molecule has 1 amide bonds. The van der Waals surface area contributed by atoms with E-state index in [4.69, 9.17) is 11.6 Å². The third kappa shape index (κ3) is 6.74. The maximum absolute atomic E-state index is 13.6. The molecule has 1 N–H and O–H groups in total. The Morgan fingerprint density at radius 2 is 1.72 bits per heavy atom. The van der Waals surface area contributed by atoms with Crippen LogP contribution in [0.25, 0.3) is 10.2 Å². The molecule has 0 fully saturated rings. The van der Waals surface area contributed by atoms with Gasteiger partial charge in [-0.2, -0.15) is 0 Å². The van der Waals surface area contributed by atoms with Crippen LogP contribution in [0.5, 0.6) is 0 Å². The number of rotatable bonds is 9. The lowest BCUT2D eigenvalue weighted by Gasteiger charge is -2.21. The van der Waals surface area contributed by atoms with Crippen molar-refractivity contribution in [2.24, 2.45) is 0 Å². The number of halogens is 2. The molecule has 0 bridgehead atoms. The Hall–Kier alpha value is -2.69. The lowest BCUT2D eigenvalue weighted by atomic mass is 10.2. The van der Waals surface area contributed by atoms with Crippen molar-refractivity contribution >= 4 is 72.3 Å². The zero-order chi connectivity index (χ0) is 25.0. The molecule has 0 saturated carbocycles. The van der Waals surface area contributed by atoms with Gasteiger partial charge in [0.15, 0.2) is 5.13 Å². The number of nitrogens with one attached hydrogen (secondary N) is 1. The zero-order valence-electron chi connectivity index (χ0n) is 19.7. The third-order valence-electron chi connectivity index (χ3n) is 5.23. The summed E-state index contributed by atoms with van der Waals surface area (Å²) in [6, 6.07) is 20.1. The number of para-hydroxylation sites is 1. The summed E-state index contributed by atoms with van der Waals surface area (Å²) in [4.78, 5) is 22.1. The number of carbonyl (C=O) groups is 1. The highest BCUT2D eigenvalue weighted by Crippen LogP contribution is 2.30. The fraction of sp³-hybridized carbons (Fsp3) is 0.200. The largest absolute Gasteiger partial charge is 0.309 e. The maximum Gasteiger partial charge on any atom is 0.261 e. The Bertz CT molecular complexity index is 1410. The van der Waals surface area contributed by atoms with Crippen molar-refractivity contribution in [3.05, 3.63) is 83.4 Å². The third-order valence-corrected chi connectivity index (χ3v) is 7.94. The molecule has 0 atom stereocenters. The van der Waals surface area contributed by atoms with E-state index in [2.05, 4.69) is 14.6 Å². The molecule has 0 aliphatic carbocycles. The number of fused-ring (bicyclic) bond motifs is 1. The van der Waals surface area contributed by atoms with Crippen LogP contribution >= 0.6 is 35.3 Å². The van der Waals surface area contributed by atoms with Crippen LogP contribution in [-0.2, 0) is 10.0 Å². The van der Waals surface area contributed by atoms with Gasteiger partial charge in [-0.15, -0.1) is 12.4 Å². The molecule has 0 radical (unpaired) electrons. The van der Waals surface area contributed by atoms with Gasteiger partial charge in [-0.05, 0) is 81.7 Å². The molecule has 1 heterocycles. The van der Waals surface area contributed by atoms with E-state index in [-0.39, 0.29) is 23.2 Å². The van der Waals surface area contributed by atoms with E-state index in [1.807, 2.05) is 38.4 Å². The highest BCUT2D eigenvalue weighted by atomic mass is 35.5. The fourth-order valence-corrected chi connectivity index (χ4v) is 5.67. The van der Waals surface area contributed by atoms with Gasteiger partial charge in [0, 0.05) is 22.8 Å². The molecule has 4 aromatic rings. The van der Waals surface area contributed by atoms with Crippen LogP contribution < -0.4 is 9.62 Å². The maximum atomic E-state index is 13.6. The summed E-state index contributed by atoms with van der Waals surface area (Å²) in [7, 11) is 0.137. The van der Waals surface area contributed by atoms with Gasteiger partial charge in [-0.25, -0.2) is 13.4 Å². The minimum Gasteiger partial charge on any atom is -0.309 e. The molecule has 11 heteroatoms. The second kappa shape index (κ2) is 12.0. The Morgan fingerprint density at radius 3 is 2.42 bits per heavy atom. The molecule has 4 rings (SSSR count). The second-order valence-electron chi connectivity index (χ2n) is 8.22. The van der Waals surface area contributed by atoms with Gasteiger partial charge in [-0.3, -0.25) is 14.4 Å². The van der Waals surface area contributed by atoms with E-state index in [1.54, 1.807) is 29.2 Å². The Labute approximate surface area is 226 Å². The number of hydrogen-bond donors (Lipinski definition) is 1. The molecule has 0 aliphatic rings. The highest BCUT2D eigenvalue weighted by molar-refractivity contribution is 7.92. The van der Waals surface area contributed by atoms with Crippen molar-refractivity contribution in [1.29, 1.82) is 0 Å². The summed E-state index contributed by atoms with van der Waals surface area (Å²) in [6.45, 7) is 1.30. The number of carbonyl (C=O) groups excluding carboxylic acids is 1. The first-order valence-electron chi connectivity index (χ1n) is 10.9. The number of anilines is 2. The Balaban J connectivity index is 0.00000361. The molecular formula is C25H26Cl2N4O3S2. The number of sulfonamides is 1. The quantitative estimate of drug-likeness (QED) is 0.279. The van der Waals surface area contributed by atoms with Crippen molar-refractivity contribution < 1.29 is 13.2 Å². The molecule has 190 valence electrons. The van der Waals surface area contributed by atoms with Gasteiger partial charge < -0.3 is 4.90 Å². The van der Waals surface area contributed by atoms with Crippen molar-refractivity contribution in [2.45, 2.75) is 11.3 Å². The average Bonchev–Trinajstić information content (AvgIpc) is 3.25. The average molecular weight is 566 g/mol. The monoisotopic (exact) mass is 564 g/mol. The fourth-order valence-electron chi connectivity index (χ4n) is 3.50. The van der Waals surface area contributed by atoms with Gasteiger partial charge in [0.25, 0.3) is 15.9 Å². The minimum atomic E-state index is -3.84. The number of hydrogen-bond acceptors (Lipinski definition) is 6. The van der Waals surface area contributed by atoms with Crippen LogP contribution in [0, 0.1) is 0 Å². The van der Waals surface area contributed by atoms with Gasteiger partial charge in [0.1, 0.15) is 0 Å². The molecule has 7 nitrogen and oxygen atoms in total. The van der Waals surface area contributed by atoms with E-state index in [0.717, 1.165) is 23.2 Å². The van der Waals surface area contributed by atoms with Crippen LogP contribution in [0.2, 0.25) is 5.02 Å². The molecular weight excluding hydrogens is 539 g/mol. The molecule has 0 aliphatic heterocycles. The van der Waals surface area contributed by atoms with Gasteiger partial charge >= 0.3 is 0 Å². The van der Waals surface area contributed by atoms with Crippen molar-refractivity contribution in [2.75, 3.05) is 36.8 Å². The van der Waals surface area contributed by atoms with Crippen molar-refractivity contribution in [3.63, 3.8) is 0 Å². The van der Waals surface area contributed by atoms with Gasteiger partial charge in [0.2, 0.25) is 0 Å². The zero-order valence-corrected chi connectivity index (χ0v) is 22.9. The molecule has 0 spiro atoms. The highest BCUT2D eigenvalue weighted by Gasteiger charge is 2.22. The smallest absolute Gasteiger partial charge is 0.261 e. The first kappa shape index (κ1) is 27.9. The molecule has 0 saturated heterocycles. The molecule has 36 heavy (non-hydrogen) atoms. The van der Waals surface area contributed by atoms with E-state index >= 15 is 0 Å². The second-order valence-corrected chi connectivity index (χ2v) is 11.3. The Kier molecular flexibility index (Phi) is 9.32.